The number of hydrogen-bond acceptors (Lipinski definition) is 6. The Bertz CT molecular complexity index is 1360. The van der Waals surface area contributed by atoms with Gasteiger partial charge in [-0.3, -0.25) is 9.59 Å². The van der Waals surface area contributed by atoms with Crippen LogP contribution in [0.5, 0.6) is 0 Å². The standard InChI is InChI=1S/C23H17F3N4O3S/c1-13(31)29-17-8-7-14(23(24,25)26)11-18(17)30-21(32)20-16(12-34-22-27-9-4-10-28-22)15-5-2-3-6-19(15)33-20/h2-11H,12H2,1H3,(H,29,31)(H,30,32). The van der Waals surface area contributed by atoms with Crippen molar-refractivity contribution < 1.29 is 27.2 Å². The fourth-order valence-corrected chi connectivity index (χ4v) is 4.05. The van der Waals surface area contributed by atoms with E-state index in [4.69, 9.17) is 4.42 Å². The van der Waals surface area contributed by atoms with Crippen LogP contribution in [0.2, 0.25) is 0 Å². The number of anilines is 2. The van der Waals surface area contributed by atoms with Gasteiger partial charge in [-0.05, 0) is 30.3 Å². The van der Waals surface area contributed by atoms with Crippen molar-refractivity contribution in [2.24, 2.45) is 0 Å². The van der Waals surface area contributed by atoms with Crippen LogP contribution in [0.1, 0.15) is 28.6 Å². The maximum Gasteiger partial charge on any atom is 0.416 e. The van der Waals surface area contributed by atoms with Crippen molar-refractivity contribution in [2.45, 2.75) is 24.0 Å². The molecule has 0 bridgehead atoms. The number of furan rings is 1. The first-order valence-corrected chi connectivity index (χ1v) is 10.9. The van der Waals surface area contributed by atoms with E-state index in [2.05, 4.69) is 20.6 Å². The van der Waals surface area contributed by atoms with Gasteiger partial charge in [0.2, 0.25) is 5.91 Å². The number of aromatic nitrogens is 2. The summed E-state index contributed by atoms with van der Waals surface area (Å²) in [6.07, 6.45) is -1.45. The lowest BCUT2D eigenvalue weighted by Gasteiger charge is -2.14. The lowest BCUT2D eigenvalue weighted by atomic mass is 10.1. The molecule has 0 saturated carbocycles. The minimum absolute atomic E-state index is 0.0265. The summed E-state index contributed by atoms with van der Waals surface area (Å²) in [5.41, 5.74) is -0.167. The average Bonchev–Trinajstić information content (AvgIpc) is 3.17. The molecule has 0 unspecified atom stereocenters. The first-order chi connectivity index (χ1) is 16.2. The Morgan fingerprint density at radius 3 is 2.44 bits per heavy atom. The summed E-state index contributed by atoms with van der Waals surface area (Å²) in [5.74, 6) is -1.04. The number of thioether (sulfide) groups is 1. The fourth-order valence-electron chi connectivity index (χ4n) is 3.22. The molecule has 4 rings (SSSR count). The zero-order chi connectivity index (χ0) is 24.3. The van der Waals surface area contributed by atoms with E-state index in [1.54, 1.807) is 42.7 Å². The van der Waals surface area contributed by atoms with Crippen LogP contribution in [0.15, 0.2) is 70.5 Å². The molecule has 0 radical (unpaired) electrons. The van der Waals surface area contributed by atoms with E-state index in [9.17, 15) is 22.8 Å². The lowest BCUT2D eigenvalue weighted by molar-refractivity contribution is -0.137. The number of nitrogens with one attached hydrogen (secondary N) is 2. The van der Waals surface area contributed by atoms with Crippen molar-refractivity contribution in [3.05, 3.63) is 77.8 Å². The molecule has 0 aliphatic rings. The zero-order valence-electron chi connectivity index (χ0n) is 17.6. The summed E-state index contributed by atoms with van der Waals surface area (Å²) < 4.78 is 45.5. The first kappa shape index (κ1) is 23.3. The number of nitrogens with zero attached hydrogens (tertiary/aromatic N) is 2. The number of para-hydroxylation sites is 1. The van der Waals surface area contributed by atoms with Gasteiger partial charge in [0.15, 0.2) is 10.9 Å². The van der Waals surface area contributed by atoms with Gasteiger partial charge >= 0.3 is 6.18 Å². The molecule has 0 fully saturated rings. The number of alkyl halides is 3. The molecule has 0 spiro atoms. The molecule has 2 aromatic heterocycles. The van der Waals surface area contributed by atoms with Crippen LogP contribution in [0, 0.1) is 0 Å². The molecular formula is C23H17F3N4O3S. The van der Waals surface area contributed by atoms with Crippen molar-refractivity contribution in [2.75, 3.05) is 10.6 Å². The maximum absolute atomic E-state index is 13.3. The number of carbonyl (C=O) groups is 2. The summed E-state index contributed by atoms with van der Waals surface area (Å²) in [4.78, 5) is 33.0. The van der Waals surface area contributed by atoms with E-state index in [0.717, 1.165) is 18.2 Å². The van der Waals surface area contributed by atoms with Crippen molar-refractivity contribution >= 4 is 45.9 Å². The number of hydrogen-bond donors (Lipinski definition) is 2. The first-order valence-electron chi connectivity index (χ1n) is 9.93. The van der Waals surface area contributed by atoms with Crippen LogP contribution < -0.4 is 10.6 Å². The van der Waals surface area contributed by atoms with Crippen molar-refractivity contribution in [1.29, 1.82) is 0 Å². The number of carbonyl (C=O) groups excluding carboxylic acids is 2. The van der Waals surface area contributed by atoms with E-state index in [0.29, 0.717) is 21.7 Å². The summed E-state index contributed by atoms with van der Waals surface area (Å²) >= 11 is 1.28. The number of rotatable bonds is 6. The van der Waals surface area contributed by atoms with Crippen molar-refractivity contribution in [3.8, 4) is 0 Å². The topological polar surface area (TPSA) is 97.1 Å². The third kappa shape index (κ3) is 5.20. The minimum atomic E-state index is -4.63. The minimum Gasteiger partial charge on any atom is -0.451 e. The van der Waals surface area contributed by atoms with Crippen LogP contribution in [0.3, 0.4) is 0 Å². The fraction of sp³-hybridized carbons (Fsp3) is 0.130. The average molecular weight is 486 g/mol. The van der Waals surface area contributed by atoms with E-state index in [1.807, 2.05) is 0 Å². The summed E-state index contributed by atoms with van der Waals surface area (Å²) in [6, 6.07) is 11.3. The molecule has 4 aromatic rings. The third-order valence-corrected chi connectivity index (χ3v) is 5.60. The van der Waals surface area contributed by atoms with Crippen molar-refractivity contribution in [3.63, 3.8) is 0 Å². The number of benzene rings is 2. The van der Waals surface area contributed by atoms with Gasteiger partial charge in [0.1, 0.15) is 5.58 Å². The Hall–Kier alpha value is -3.86. The Kier molecular flexibility index (Phi) is 6.55. The van der Waals surface area contributed by atoms with Gasteiger partial charge in [-0.15, -0.1) is 0 Å². The molecule has 11 heteroatoms. The van der Waals surface area contributed by atoms with Gasteiger partial charge in [-0.2, -0.15) is 13.2 Å². The molecule has 7 nitrogen and oxygen atoms in total. The molecule has 34 heavy (non-hydrogen) atoms. The largest absolute Gasteiger partial charge is 0.451 e. The van der Waals surface area contributed by atoms with Gasteiger partial charge in [-0.25, -0.2) is 9.97 Å². The van der Waals surface area contributed by atoms with Crippen LogP contribution >= 0.6 is 11.8 Å². The highest BCUT2D eigenvalue weighted by Gasteiger charge is 2.31. The summed E-state index contributed by atoms with van der Waals surface area (Å²) in [6.45, 7) is 1.21. The Labute approximate surface area is 195 Å². The van der Waals surface area contributed by atoms with E-state index >= 15 is 0 Å². The molecule has 0 aliphatic carbocycles. The van der Waals surface area contributed by atoms with Gasteiger partial charge < -0.3 is 15.1 Å². The summed E-state index contributed by atoms with van der Waals surface area (Å²) in [7, 11) is 0. The summed E-state index contributed by atoms with van der Waals surface area (Å²) in [5, 5.41) is 6.05. The van der Waals surface area contributed by atoms with E-state index in [1.165, 1.54) is 18.7 Å². The number of amides is 2. The van der Waals surface area contributed by atoms with Gasteiger partial charge in [0, 0.05) is 36.0 Å². The highest BCUT2D eigenvalue weighted by atomic mass is 32.2. The molecule has 0 saturated heterocycles. The highest BCUT2D eigenvalue weighted by Crippen LogP contribution is 2.35. The molecule has 174 valence electrons. The maximum atomic E-state index is 13.3. The molecule has 0 aliphatic heterocycles. The molecule has 2 N–H and O–H groups in total. The second-order valence-electron chi connectivity index (χ2n) is 7.12. The van der Waals surface area contributed by atoms with Crippen LogP contribution in [0.4, 0.5) is 24.5 Å². The third-order valence-electron chi connectivity index (χ3n) is 4.70. The SMILES string of the molecule is CC(=O)Nc1ccc(C(F)(F)F)cc1NC(=O)c1oc2ccccc2c1CSc1ncccn1. The number of halogens is 3. The van der Waals surface area contributed by atoms with Crippen molar-refractivity contribution in [1.82, 2.24) is 9.97 Å². The molecule has 2 amide bonds. The predicted molar refractivity (Wildman–Crippen MR) is 122 cm³/mol. The molecule has 0 atom stereocenters. The van der Waals surface area contributed by atoms with E-state index < -0.39 is 23.6 Å². The van der Waals surface area contributed by atoms with Gasteiger partial charge in [-0.1, -0.05) is 30.0 Å². The second kappa shape index (κ2) is 9.56. The molecule has 2 aromatic carbocycles. The van der Waals surface area contributed by atoms with Crippen LogP contribution in [-0.2, 0) is 16.7 Å². The van der Waals surface area contributed by atoms with Gasteiger partial charge in [0.05, 0.1) is 16.9 Å². The quantitative estimate of drug-likeness (QED) is 0.266. The molecule has 2 heterocycles. The number of fused-ring (bicyclic) bond motifs is 1. The van der Waals surface area contributed by atoms with Crippen LogP contribution in [-0.4, -0.2) is 21.8 Å². The highest BCUT2D eigenvalue weighted by molar-refractivity contribution is 7.98. The van der Waals surface area contributed by atoms with Crippen LogP contribution in [0.25, 0.3) is 11.0 Å². The molecular weight excluding hydrogens is 469 g/mol. The zero-order valence-corrected chi connectivity index (χ0v) is 18.5. The Morgan fingerprint density at radius 1 is 1.00 bits per heavy atom. The van der Waals surface area contributed by atoms with E-state index in [-0.39, 0.29) is 22.9 Å². The second-order valence-corrected chi connectivity index (χ2v) is 8.06. The van der Waals surface area contributed by atoms with Gasteiger partial charge in [0.25, 0.3) is 5.91 Å². The Morgan fingerprint density at radius 2 is 1.74 bits per heavy atom. The Balaban J connectivity index is 1.70. The monoisotopic (exact) mass is 486 g/mol. The lowest BCUT2D eigenvalue weighted by Crippen LogP contribution is -2.17. The smallest absolute Gasteiger partial charge is 0.416 e. The normalized spacial score (nSPS) is 11.4. The predicted octanol–water partition coefficient (Wildman–Crippen LogP) is 5.74.